The van der Waals surface area contributed by atoms with Crippen molar-refractivity contribution in [1.29, 1.82) is 0 Å². The minimum absolute atomic E-state index is 0.0451. The standard InChI is InChI=1S/C16H13Cl2IN2O4S2/c17-8-1-2-9(18)10(3-8)26-6-11(22)20-12-14(23)21-13(16(24)25)7(4-19)5-27-15(12)21/h1-3,12,15H,4-6H2,(H,20,22)(H,24,25)/t12?,15-/m1/s1. The number of alkyl halides is 1. The molecule has 2 heterocycles. The van der Waals surface area contributed by atoms with E-state index in [4.69, 9.17) is 23.2 Å². The summed E-state index contributed by atoms with van der Waals surface area (Å²) in [6.07, 6.45) is 0. The van der Waals surface area contributed by atoms with E-state index in [9.17, 15) is 19.5 Å². The number of aliphatic carboxylic acids is 1. The number of hydrogen-bond donors (Lipinski definition) is 2. The Morgan fingerprint density at radius 2 is 2.15 bits per heavy atom. The second-order valence-corrected chi connectivity index (χ2v) is 9.44. The monoisotopic (exact) mass is 558 g/mol. The lowest BCUT2D eigenvalue weighted by Gasteiger charge is -2.49. The predicted molar refractivity (Wildman–Crippen MR) is 116 cm³/mol. The minimum atomic E-state index is -1.11. The summed E-state index contributed by atoms with van der Waals surface area (Å²) in [6, 6.07) is 4.27. The SMILES string of the molecule is O=C(CSc1cc(Cl)ccc1Cl)NC1C(=O)N2C(C(=O)O)=C(CI)CS[C@H]12. The van der Waals surface area contributed by atoms with Gasteiger partial charge in [0, 0.05) is 20.1 Å². The van der Waals surface area contributed by atoms with Crippen molar-refractivity contribution in [3.8, 4) is 0 Å². The van der Waals surface area contributed by atoms with Gasteiger partial charge < -0.3 is 10.4 Å². The number of fused-ring (bicyclic) bond motifs is 1. The van der Waals surface area contributed by atoms with Crippen LogP contribution >= 0.6 is 69.3 Å². The van der Waals surface area contributed by atoms with Gasteiger partial charge >= 0.3 is 5.97 Å². The molecule has 2 aliphatic rings. The summed E-state index contributed by atoms with van der Waals surface area (Å²) in [5, 5.41) is 12.7. The Morgan fingerprint density at radius 1 is 1.41 bits per heavy atom. The summed E-state index contributed by atoms with van der Waals surface area (Å²) in [7, 11) is 0. The van der Waals surface area contributed by atoms with Crippen LogP contribution in [-0.2, 0) is 14.4 Å². The predicted octanol–water partition coefficient (Wildman–Crippen LogP) is 3.26. The summed E-state index contributed by atoms with van der Waals surface area (Å²) >= 11 is 16.8. The molecule has 2 N–H and O–H groups in total. The molecule has 1 saturated heterocycles. The molecule has 0 aromatic heterocycles. The molecule has 0 radical (unpaired) electrons. The summed E-state index contributed by atoms with van der Waals surface area (Å²) in [4.78, 5) is 38.2. The van der Waals surface area contributed by atoms with Gasteiger partial charge in [-0.1, -0.05) is 45.8 Å². The quantitative estimate of drug-likeness (QED) is 0.241. The van der Waals surface area contributed by atoms with Crippen LogP contribution in [0.4, 0.5) is 0 Å². The zero-order valence-corrected chi connectivity index (χ0v) is 18.9. The highest BCUT2D eigenvalue weighted by molar-refractivity contribution is 14.1. The number of hydrogen-bond acceptors (Lipinski definition) is 5. The number of carboxylic acid groups (broad SMARTS) is 1. The lowest BCUT2D eigenvalue weighted by molar-refractivity contribution is -0.150. The molecule has 1 unspecified atom stereocenters. The maximum atomic E-state index is 12.4. The highest BCUT2D eigenvalue weighted by atomic mass is 127. The molecule has 1 aromatic carbocycles. The average Bonchev–Trinajstić information content (AvgIpc) is 2.65. The molecule has 1 aromatic rings. The molecule has 27 heavy (non-hydrogen) atoms. The number of β-lactam (4-membered cyclic amide) rings is 1. The van der Waals surface area contributed by atoms with Crippen molar-refractivity contribution in [2.45, 2.75) is 16.3 Å². The zero-order chi connectivity index (χ0) is 19.7. The van der Waals surface area contributed by atoms with E-state index in [-0.39, 0.29) is 22.7 Å². The first-order valence-corrected chi connectivity index (χ1v) is 12.0. The molecule has 0 saturated carbocycles. The van der Waals surface area contributed by atoms with Crippen LogP contribution < -0.4 is 5.32 Å². The molecule has 2 aliphatic heterocycles. The van der Waals surface area contributed by atoms with Crippen LogP contribution in [0.2, 0.25) is 10.0 Å². The first-order chi connectivity index (χ1) is 12.8. The number of rotatable bonds is 6. The maximum absolute atomic E-state index is 12.4. The Labute approximate surface area is 187 Å². The molecular weight excluding hydrogens is 546 g/mol. The maximum Gasteiger partial charge on any atom is 0.352 e. The van der Waals surface area contributed by atoms with Crippen molar-refractivity contribution >= 4 is 87.1 Å². The number of benzene rings is 1. The van der Waals surface area contributed by atoms with Gasteiger partial charge in [0.25, 0.3) is 5.91 Å². The molecule has 2 atom stereocenters. The highest BCUT2D eigenvalue weighted by Crippen LogP contribution is 2.40. The number of nitrogens with one attached hydrogen (secondary N) is 1. The van der Waals surface area contributed by atoms with E-state index in [1.807, 2.05) is 0 Å². The summed E-state index contributed by atoms with van der Waals surface area (Å²) < 4.78 is 0.539. The smallest absolute Gasteiger partial charge is 0.352 e. The number of carbonyl (C=O) groups excluding carboxylic acids is 2. The van der Waals surface area contributed by atoms with Gasteiger partial charge in [0.2, 0.25) is 5.91 Å². The molecule has 0 bridgehead atoms. The average molecular weight is 559 g/mol. The number of halogens is 3. The van der Waals surface area contributed by atoms with Gasteiger partial charge in [-0.15, -0.1) is 23.5 Å². The molecule has 1 fully saturated rings. The number of nitrogens with zero attached hydrogens (tertiary/aromatic N) is 1. The van der Waals surface area contributed by atoms with Gasteiger partial charge in [0.1, 0.15) is 17.1 Å². The first kappa shape index (κ1) is 21.1. The topological polar surface area (TPSA) is 86.7 Å². The number of amides is 2. The summed E-state index contributed by atoms with van der Waals surface area (Å²) in [5.41, 5.74) is 0.761. The molecule has 0 aliphatic carbocycles. The lowest BCUT2D eigenvalue weighted by atomic mass is 10.0. The van der Waals surface area contributed by atoms with Crippen molar-refractivity contribution in [2.75, 3.05) is 15.9 Å². The van der Waals surface area contributed by atoms with Gasteiger partial charge in [-0.3, -0.25) is 14.5 Å². The van der Waals surface area contributed by atoms with Crippen LogP contribution in [0.25, 0.3) is 0 Å². The molecule has 2 amide bonds. The van der Waals surface area contributed by atoms with Crippen LogP contribution in [0.1, 0.15) is 0 Å². The van der Waals surface area contributed by atoms with Crippen LogP contribution in [0, 0.1) is 0 Å². The van der Waals surface area contributed by atoms with Gasteiger partial charge in [-0.25, -0.2) is 4.79 Å². The van der Waals surface area contributed by atoms with Crippen molar-refractivity contribution < 1.29 is 19.5 Å². The van der Waals surface area contributed by atoms with Crippen molar-refractivity contribution in [1.82, 2.24) is 10.2 Å². The Hall–Kier alpha value is -0.620. The van der Waals surface area contributed by atoms with Gasteiger partial charge in [-0.2, -0.15) is 0 Å². The number of thioether (sulfide) groups is 2. The molecule has 6 nitrogen and oxygen atoms in total. The molecule has 0 spiro atoms. The van der Waals surface area contributed by atoms with E-state index in [1.54, 1.807) is 18.2 Å². The van der Waals surface area contributed by atoms with E-state index in [1.165, 1.54) is 28.4 Å². The Morgan fingerprint density at radius 3 is 2.81 bits per heavy atom. The third-order valence-corrected chi connectivity index (χ3v) is 7.97. The molecule has 11 heteroatoms. The normalized spacial score (nSPS) is 21.6. The fourth-order valence-corrected chi connectivity index (χ4v) is 6.38. The van der Waals surface area contributed by atoms with Crippen molar-refractivity contribution in [2.24, 2.45) is 0 Å². The van der Waals surface area contributed by atoms with E-state index in [2.05, 4.69) is 27.9 Å². The zero-order valence-electron chi connectivity index (χ0n) is 13.6. The van der Waals surface area contributed by atoms with Crippen molar-refractivity contribution in [3.05, 3.63) is 39.5 Å². The third-order valence-electron chi connectivity index (χ3n) is 3.98. The first-order valence-electron chi connectivity index (χ1n) is 7.66. The van der Waals surface area contributed by atoms with Crippen LogP contribution in [0.15, 0.2) is 34.4 Å². The summed E-state index contributed by atoms with van der Waals surface area (Å²) in [6.45, 7) is 0. The van der Waals surface area contributed by atoms with Gasteiger partial charge in [0.15, 0.2) is 0 Å². The van der Waals surface area contributed by atoms with Gasteiger partial charge in [0.05, 0.1) is 10.8 Å². The van der Waals surface area contributed by atoms with E-state index < -0.39 is 17.9 Å². The fraction of sp³-hybridized carbons (Fsp3) is 0.312. The summed E-state index contributed by atoms with van der Waals surface area (Å²) in [5.74, 6) is -1.24. The number of carbonyl (C=O) groups is 3. The second kappa shape index (κ2) is 8.81. The van der Waals surface area contributed by atoms with Crippen molar-refractivity contribution in [3.63, 3.8) is 0 Å². The third kappa shape index (κ3) is 4.36. The van der Waals surface area contributed by atoms with Gasteiger partial charge in [-0.05, 0) is 23.8 Å². The van der Waals surface area contributed by atoms with Crippen LogP contribution in [0.3, 0.4) is 0 Å². The largest absolute Gasteiger partial charge is 0.477 e. The molecular formula is C16H13Cl2IN2O4S2. The number of carboxylic acids is 1. The van der Waals surface area contributed by atoms with E-state index in [0.29, 0.717) is 30.7 Å². The lowest BCUT2D eigenvalue weighted by Crippen LogP contribution is -2.70. The fourth-order valence-electron chi connectivity index (χ4n) is 2.73. The second-order valence-electron chi connectivity index (χ2n) is 5.71. The highest BCUT2D eigenvalue weighted by Gasteiger charge is 2.53. The molecule has 144 valence electrons. The Bertz CT molecular complexity index is 852. The minimum Gasteiger partial charge on any atom is -0.477 e. The van der Waals surface area contributed by atoms with E-state index in [0.717, 1.165) is 0 Å². The molecule has 3 rings (SSSR count). The van der Waals surface area contributed by atoms with Crippen LogP contribution in [0.5, 0.6) is 0 Å². The Balaban J connectivity index is 1.62. The van der Waals surface area contributed by atoms with E-state index >= 15 is 0 Å². The Kier molecular flexibility index (Phi) is 6.88. The van der Waals surface area contributed by atoms with Crippen LogP contribution in [-0.4, -0.2) is 55.1 Å².